The van der Waals surface area contributed by atoms with E-state index in [2.05, 4.69) is 32.0 Å². The van der Waals surface area contributed by atoms with Crippen LogP contribution in [0, 0.1) is 5.92 Å². The summed E-state index contributed by atoms with van der Waals surface area (Å²) in [4.78, 5) is 13.4. The Hall–Kier alpha value is -1.51. The maximum atomic E-state index is 11.5. The molecule has 0 saturated carbocycles. The van der Waals surface area contributed by atoms with Crippen LogP contribution in [0.3, 0.4) is 0 Å². The molecule has 0 N–H and O–H groups in total. The zero-order valence-corrected chi connectivity index (χ0v) is 13.5. The molecular weight excluding hydrogens is 262 g/mol. The molecule has 1 aromatic carbocycles. The highest BCUT2D eigenvalue weighted by Crippen LogP contribution is 2.24. The molecule has 3 nitrogen and oxygen atoms in total. The smallest absolute Gasteiger partial charge is 0.219 e. The lowest BCUT2D eigenvalue weighted by atomic mass is 9.98. The first-order chi connectivity index (χ1) is 10.1. The van der Waals surface area contributed by atoms with Gasteiger partial charge in [-0.1, -0.05) is 26.0 Å². The number of nitrogens with zero attached hydrogens (tertiary/aromatic N) is 1. The van der Waals surface area contributed by atoms with Crippen LogP contribution < -0.4 is 4.74 Å². The first kappa shape index (κ1) is 15.9. The summed E-state index contributed by atoms with van der Waals surface area (Å²) in [5.74, 6) is 2.15. The van der Waals surface area contributed by atoms with E-state index in [1.165, 1.54) is 5.56 Å². The SMILES string of the molecule is CCC(C)c1cccc(OCC2CCCN(C(C)=O)C2)c1. The minimum atomic E-state index is 0.179. The standard InChI is InChI=1S/C18H27NO2/c1-4-14(2)17-8-5-9-18(11-17)21-13-16-7-6-10-19(12-16)15(3)20/h5,8-9,11,14,16H,4,6-7,10,12-13H2,1-3H3. The van der Waals surface area contributed by atoms with Gasteiger partial charge in [0.05, 0.1) is 6.61 Å². The predicted octanol–water partition coefficient (Wildman–Crippen LogP) is 3.84. The molecule has 2 atom stereocenters. The molecule has 1 heterocycles. The zero-order valence-electron chi connectivity index (χ0n) is 13.5. The monoisotopic (exact) mass is 289 g/mol. The van der Waals surface area contributed by atoms with E-state index < -0.39 is 0 Å². The Balaban J connectivity index is 1.89. The van der Waals surface area contributed by atoms with E-state index in [0.717, 1.165) is 38.1 Å². The van der Waals surface area contributed by atoms with Crippen molar-refractivity contribution < 1.29 is 9.53 Å². The molecule has 0 aliphatic carbocycles. The Morgan fingerprint density at radius 2 is 2.29 bits per heavy atom. The number of amides is 1. The van der Waals surface area contributed by atoms with Gasteiger partial charge in [-0.25, -0.2) is 0 Å². The molecule has 1 amide bonds. The average Bonchev–Trinajstić information content (AvgIpc) is 2.52. The van der Waals surface area contributed by atoms with E-state index in [4.69, 9.17) is 4.74 Å². The molecule has 1 fully saturated rings. The van der Waals surface area contributed by atoms with E-state index >= 15 is 0 Å². The van der Waals surface area contributed by atoms with Gasteiger partial charge in [-0.2, -0.15) is 0 Å². The minimum Gasteiger partial charge on any atom is -0.493 e. The lowest BCUT2D eigenvalue weighted by Crippen LogP contribution is -2.40. The number of piperidine rings is 1. The predicted molar refractivity (Wildman–Crippen MR) is 85.6 cm³/mol. The van der Waals surface area contributed by atoms with Gasteiger partial charge in [0.2, 0.25) is 5.91 Å². The highest BCUT2D eigenvalue weighted by atomic mass is 16.5. The largest absolute Gasteiger partial charge is 0.493 e. The third-order valence-electron chi connectivity index (χ3n) is 4.49. The van der Waals surface area contributed by atoms with Crippen molar-refractivity contribution in [2.24, 2.45) is 5.92 Å². The molecule has 0 aromatic heterocycles. The van der Waals surface area contributed by atoms with Gasteiger partial charge in [0, 0.05) is 25.9 Å². The maximum absolute atomic E-state index is 11.5. The molecule has 1 aromatic rings. The van der Waals surface area contributed by atoms with Crippen molar-refractivity contribution >= 4 is 5.91 Å². The van der Waals surface area contributed by atoms with Gasteiger partial charge in [-0.3, -0.25) is 4.79 Å². The van der Waals surface area contributed by atoms with Gasteiger partial charge in [0.25, 0.3) is 0 Å². The summed E-state index contributed by atoms with van der Waals surface area (Å²) in [7, 11) is 0. The van der Waals surface area contributed by atoms with Gasteiger partial charge in [-0.15, -0.1) is 0 Å². The molecule has 1 aliphatic heterocycles. The highest BCUT2D eigenvalue weighted by Gasteiger charge is 2.22. The summed E-state index contributed by atoms with van der Waals surface area (Å²) in [5, 5.41) is 0. The van der Waals surface area contributed by atoms with Crippen molar-refractivity contribution in [1.82, 2.24) is 4.90 Å². The Morgan fingerprint density at radius 3 is 3.00 bits per heavy atom. The fraction of sp³-hybridized carbons (Fsp3) is 0.611. The highest BCUT2D eigenvalue weighted by molar-refractivity contribution is 5.73. The normalized spacial score (nSPS) is 20.1. The molecule has 0 bridgehead atoms. The van der Waals surface area contributed by atoms with Crippen molar-refractivity contribution in [3.63, 3.8) is 0 Å². The van der Waals surface area contributed by atoms with E-state index in [1.54, 1.807) is 6.92 Å². The first-order valence-electron chi connectivity index (χ1n) is 8.08. The Labute approximate surface area is 128 Å². The van der Waals surface area contributed by atoms with Gasteiger partial charge in [-0.05, 0) is 42.9 Å². The van der Waals surface area contributed by atoms with Crippen LogP contribution in [-0.4, -0.2) is 30.5 Å². The lowest BCUT2D eigenvalue weighted by Gasteiger charge is -2.31. The number of ether oxygens (including phenoxy) is 1. The van der Waals surface area contributed by atoms with Crippen molar-refractivity contribution in [2.45, 2.75) is 46.0 Å². The Kier molecular flexibility index (Phi) is 5.66. The van der Waals surface area contributed by atoms with E-state index in [-0.39, 0.29) is 5.91 Å². The van der Waals surface area contributed by atoms with E-state index in [0.29, 0.717) is 18.4 Å². The summed E-state index contributed by atoms with van der Waals surface area (Å²) in [6.45, 7) is 8.53. The molecule has 2 rings (SSSR count). The molecule has 0 radical (unpaired) electrons. The van der Waals surface area contributed by atoms with Gasteiger partial charge < -0.3 is 9.64 Å². The minimum absolute atomic E-state index is 0.179. The van der Waals surface area contributed by atoms with Crippen LogP contribution in [0.2, 0.25) is 0 Å². The quantitative estimate of drug-likeness (QED) is 0.824. The fourth-order valence-electron chi connectivity index (χ4n) is 2.85. The second kappa shape index (κ2) is 7.48. The third kappa shape index (κ3) is 4.48. The summed E-state index contributed by atoms with van der Waals surface area (Å²) < 4.78 is 5.97. The number of likely N-dealkylation sites (tertiary alicyclic amines) is 1. The summed E-state index contributed by atoms with van der Waals surface area (Å²) in [6.07, 6.45) is 3.37. The number of carbonyl (C=O) groups is 1. The van der Waals surface area contributed by atoms with Crippen LogP contribution in [0.15, 0.2) is 24.3 Å². The van der Waals surface area contributed by atoms with Crippen LogP contribution in [0.5, 0.6) is 5.75 Å². The Bertz CT molecular complexity index is 472. The van der Waals surface area contributed by atoms with Gasteiger partial charge in [0.1, 0.15) is 5.75 Å². The molecule has 21 heavy (non-hydrogen) atoms. The van der Waals surface area contributed by atoms with Gasteiger partial charge >= 0.3 is 0 Å². The van der Waals surface area contributed by atoms with E-state index in [9.17, 15) is 4.79 Å². The van der Waals surface area contributed by atoms with E-state index in [1.807, 2.05) is 11.0 Å². The van der Waals surface area contributed by atoms with Crippen molar-refractivity contribution in [3.05, 3.63) is 29.8 Å². The van der Waals surface area contributed by atoms with Crippen molar-refractivity contribution in [3.8, 4) is 5.75 Å². The number of benzene rings is 1. The molecular formula is C18H27NO2. The number of carbonyl (C=O) groups excluding carboxylic acids is 1. The molecule has 116 valence electrons. The molecule has 0 spiro atoms. The van der Waals surface area contributed by atoms with Crippen LogP contribution in [0.1, 0.15) is 51.5 Å². The van der Waals surface area contributed by atoms with Crippen LogP contribution in [0.25, 0.3) is 0 Å². The molecule has 2 unspecified atom stereocenters. The second-order valence-electron chi connectivity index (χ2n) is 6.17. The zero-order chi connectivity index (χ0) is 15.2. The van der Waals surface area contributed by atoms with Crippen molar-refractivity contribution in [2.75, 3.05) is 19.7 Å². The Morgan fingerprint density at radius 1 is 1.48 bits per heavy atom. The summed E-state index contributed by atoms with van der Waals surface area (Å²) in [6, 6.07) is 8.41. The summed E-state index contributed by atoms with van der Waals surface area (Å²) in [5.41, 5.74) is 1.34. The van der Waals surface area contributed by atoms with Crippen LogP contribution in [0.4, 0.5) is 0 Å². The number of hydrogen-bond acceptors (Lipinski definition) is 2. The van der Waals surface area contributed by atoms with Crippen LogP contribution in [-0.2, 0) is 4.79 Å². The fourth-order valence-corrected chi connectivity index (χ4v) is 2.85. The number of rotatable bonds is 5. The third-order valence-corrected chi connectivity index (χ3v) is 4.49. The second-order valence-corrected chi connectivity index (χ2v) is 6.17. The van der Waals surface area contributed by atoms with Crippen LogP contribution >= 0.6 is 0 Å². The maximum Gasteiger partial charge on any atom is 0.219 e. The number of hydrogen-bond donors (Lipinski definition) is 0. The molecule has 3 heteroatoms. The average molecular weight is 289 g/mol. The lowest BCUT2D eigenvalue weighted by molar-refractivity contribution is -0.130. The van der Waals surface area contributed by atoms with Crippen molar-refractivity contribution in [1.29, 1.82) is 0 Å². The topological polar surface area (TPSA) is 29.5 Å². The summed E-state index contributed by atoms with van der Waals surface area (Å²) >= 11 is 0. The first-order valence-corrected chi connectivity index (χ1v) is 8.08. The van der Waals surface area contributed by atoms with Gasteiger partial charge in [0.15, 0.2) is 0 Å². The molecule has 1 aliphatic rings. The molecule has 1 saturated heterocycles.